The third-order valence-electron chi connectivity index (χ3n) is 3.55. The Morgan fingerprint density at radius 3 is 1.17 bits per heavy atom. The van der Waals surface area contributed by atoms with Gasteiger partial charge in [0.2, 0.25) is 0 Å². The summed E-state index contributed by atoms with van der Waals surface area (Å²) in [7, 11) is -6.86. The van der Waals surface area contributed by atoms with E-state index >= 15 is 0 Å². The van der Waals surface area contributed by atoms with E-state index in [1.165, 1.54) is 48.5 Å². The zero-order valence-corrected chi connectivity index (χ0v) is 14.7. The van der Waals surface area contributed by atoms with Crippen molar-refractivity contribution in [3.8, 4) is 0 Å². The lowest BCUT2D eigenvalue weighted by Crippen LogP contribution is -2.11. The van der Waals surface area contributed by atoms with Gasteiger partial charge in [0.1, 0.15) is 0 Å². The van der Waals surface area contributed by atoms with E-state index in [4.69, 9.17) is 11.5 Å². The number of anilines is 2. The third kappa shape index (κ3) is 4.72. The molecule has 0 atom stereocenters. The topological polar surface area (TPSA) is 120 Å². The number of nitrogen functional groups attached to an aromatic ring is 2. The molecule has 8 heteroatoms. The standard InChI is InChI=1S/C16H20N2O4S2/c17-13-3-7-15(8-4-13)23(19,20)11-1-2-12-24(21,22)16-9-5-14(18)6-10-16/h3-10H,1-2,11-12,17-18H2. The highest BCUT2D eigenvalue weighted by Crippen LogP contribution is 2.17. The first-order valence-corrected chi connectivity index (χ1v) is 10.7. The Morgan fingerprint density at radius 1 is 0.583 bits per heavy atom. The predicted octanol–water partition coefficient (Wildman–Crippen LogP) is 1.88. The molecule has 2 aromatic rings. The summed E-state index contributed by atoms with van der Waals surface area (Å²) in [6.45, 7) is 0. The van der Waals surface area contributed by atoms with Crippen LogP contribution in [0.3, 0.4) is 0 Å². The number of rotatable bonds is 7. The fourth-order valence-electron chi connectivity index (χ4n) is 2.17. The van der Waals surface area contributed by atoms with Crippen molar-refractivity contribution in [1.29, 1.82) is 0 Å². The highest BCUT2D eigenvalue weighted by molar-refractivity contribution is 7.91. The smallest absolute Gasteiger partial charge is 0.178 e. The summed E-state index contributed by atoms with van der Waals surface area (Å²) >= 11 is 0. The summed E-state index contributed by atoms with van der Waals surface area (Å²) in [5.41, 5.74) is 12.0. The molecule has 0 heterocycles. The van der Waals surface area contributed by atoms with Crippen LogP contribution in [0.2, 0.25) is 0 Å². The summed E-state index contributed by atoms with van der Waals surface area (Å²) < 4.78 is 48.7. The number of benzene rings is 2. The van der Waals surface area contributed by atoms with E-state index in [2.05, 4.69) is 0 Å². The quantitative estimate of drug-likeness (QED) is 0.568. The molecule has 0 bridgehead atoms. The maximum atomic E-state index is 12.2. The normalized spacial score (nSPS) is 12.2. The lowest BCUT2D eigenvalue weighted by molar-refractivity contribution is 0.585. The maximum absolute atomic E-state index is 12.2. The van der Waals surface area contributed by atoms with Crippen LogP contribution in [0.15, 0.2) is 58.3 Å². The van der Waals surface area contributed by atoms with Gasteiger partial charge in [0.05, 0.1) is 21.3 Å². The van der Waals surface area contributed by atoms with E-state index in [-0.39, 0.29) is 34.1 Å². The molecule has 4 N–H and O–H groups in total. The molecule has 0 amide bonds. The van der Waals surface area contributed by atoms with E-state index in [0.717, 1.165) is 0 Å². The first-order chi connectivity index (χ1) is 11.2. The highest BCUT2D eigenvalue weighted by Gasteiger charge is 2.17. The van der Waals surface area contributed by atoms with Crippen molar-refractivity contribution in [2.24, 2.45) is 0 Å². The van der Waals surface area contributed by atoms with Gasteiger partial charge >= 0.3 is 0 Å². The summed E-state index contributed by atoms with van der Waals surface area (Å²) in [5.74, 6) is -0.206. The first-order valence-electron chi connectivity index (χ1n) is 7.37. The zero-order valence-electron chi connectivity index (χ0n) is 13.1. The number of sulfone groups is 2. The molecule has 0 spiro atoms. The van der Waals surface area contributed by atoms with Crippen molar-refractivity contribution in [3.05, 3.63) is 48.5 Å². The molecule has 0 saturated heterocycles. The van der Waals surface area contributed by atoms with E-state index in [1.807, 2.05) is 0 Å². The predicted molar refractivity (Wildman–Crippen MR) is 95.0 cm³/mol. The molecular formula is C16H20N2O4S2. The minimum Gasteiger partial charge on any atom is -0.399 e. The average Bonchev–Trinajstić information content (AvgIpc) is 2.52. The van der Waals surface area contributed by atoms with Crippen molar-refractivity contribution < 1.29 is 16.8 Å². The van der Waals surface area contributed by atoms with E-state index in [9.17, 15) is 16.8 Å². The molecule has 2 aromatic carbocycles. The number of hydrogen-bond donors (Lipinski definition) is 2. The van der Waals surface area contributed by atoms with Crippen molar-refractivity contribution >= 4 is 31.0 Å². The molecule has 0 fully saturated rings. The van der Waals surface area contributed by atoms with Crippen LogP contribution in [-0.4, -0.2) is 28.3 Å². The van der Waals surface area contributed by atoms with Gasteiger partial charge in [0.15, 0.2) is 19.7 Å². The Hall–Kier alpha value is -2.06. The Balaban J connectivity index is 1.92. The molecule has 6 nitrogen and oxygen atoms in total. The lowest BCUT2D eigenvalue weighted by Gasteiger charge is -2.06. The molecule has 0 saturated carbocycles. The van der Waals surface area contributed by atoms with Crippen LogP contribution >= 0.6 is 0 Å². The number of unbranched alkanes of at least 4 members (excludes halogenated alkanes) is 1. The van der Waals surface area contributed by atoms with Gasteiger partial charge in [-0.05, 0) is 61.4 Å². The summed E-state index contributed by atoms with van der Waals surface area (Å²) in [4.78, 5) is 0.385. The van der Waals surface area contributed by atoms with Crippen molar-refractivity contribution in [3.63, 3.8) is 0 Å². The van der Waals surface area contributed by atoms with Gasteiger partial charge in [0, 0.05) is 11.4 Å². The zero-order chi connectivity index (χ0) is 17.8. The monoisotopic (exact) mass is 368 g/mol. The molecule has 2 rings (SSSR count). The number of hydrogen-bond acceptors (Lipinski definition) is 6. The van der Waals surface area contributed by atoms with E-state index < -0.39 is 19.7 Å². The lowest BCUT2D eigenvalue weighted by atomic mass is 10.3. The van der Waals surface area contributed by atoms with Crippen LogP contribution in [0.5, 0.6) is 0 Å². The molecule has 130 valence electrons. The van der Waals surface area contributed by atoms with E-state index in [0.29, 0.717) is 11.4 Å². The first kappa shape index (κ1) is 18.3. The molecule has 0 radical (unpaired) electrons. The molecule has 0 aliphatic carbocycles. The Bertz CT molecular complexity index is 811. The highest BCUT2D eigenvalue weighted by atomic mass is 32.2. The maximum Gasteiger partial charge on any atom is 0.178 e. The van der Waals surface area contributed by atoms with Crippen LogP contribution in [0.4, 0.5) is 11.4 Å². The largest absolute Gasteiger partial charge is 0.399 e. The van der Waals surface area contributed by atoms with Crippen molar-refractivity contribution in [2.75, 3.05) is 23.0 Å². The molecule has 0 aromatic heterocycles. The van der Waals surface area contributed by atoms with Gasteiger partial charge in [-0.1, -0.05) is 0 Å². The molecule has 0 aliphatic heterocycles. The Labute approximate surface area is 142 Å². The molecule has 0 unspecified atom stereocenters. The van der Waals surface area contributed by atoms with Gasteiger partial charge in [0.25, 0.3) is 0 Å². The Kier molecular flexibility index (Phi) is 5.51. The minimum atomic E-state index is -3.43. The summed E-state index contributed by atoms with van der Waals surface area (Å²) in [6.07, 6.45) is 0.530. The van der Waals surface area contributed by atoms with Gasteiger partial charge in [-0.2, -0.15) is 0 Å². The average molecular weight is 368 g/mol. The van der Waals surface area contributed by atoms with Crippen LogP contribution in [0.25, 0.3) is 0 Å². The van der Waals surface area contributed by atoms with Gasteiger partial charge in [-0.3, -0.25) is 0 Å². The minimum absolute atomic E-state index is 0.103. The van der Waals surface area contributed by atoms with Crippen LogP contribution in [0, 0.1) is 0 Å². The SMILES string of the molecule is Nc1ccc(S(=O)(=O)CCCCS(=O)(=O)c2ccc(N)cc2)cc1. The second kappa shape index (κ2) is 7.23. The number of nitrogens with two attached hydrogens (primary N) is 2. The van der Waals surface area contributed by atoms with Crippen LogP contribution in [-0.2, 0) is 19.7 Å². The molecule has 24 heavy (non-hydrogen) atoms. The summed E-state index contributed by atoms with van der Waals surface area (Å²) in [6, 6.07) is 11.9. The Morgan fingerprint density at radius 2 is 0.875 bits per heavy atom. The third-order valence-corrected chi connectivity index (χ3v) is 7.19. The summed E-state index contributed by atoms with van der Waals surface area (Å²) in [5, 5.41) is 0. The fraction of sp³-hybridized carbons (Fsp3) is 0.250. The molecular weight excluding hydrogens is 348 g/mol. The van der Waals surface area contributed by atoms with Gasteiger partial charge in [-0.25, -0.2) is 16.8 Å². The van der Waals surface area contributed by atoms with Crippen LogP contribution in [0.1, 0.15) is 12.8 Å². The van der Waals surface area contributed by atoms with E-state index in [1.54, 1.807) is 0 Å². The fourth-order valence-corrected chi connectivity index (χ4v) is 4.91. The van der Waals surface area contributed by atoms with Gasteiger partial charge in [-0.15, -0.1) is 0 Å². The molecule has 0 aliphatic rings. The van der Waals surface area contributed by atoms with Crippen LogP contribution < -0.4 is 11.5 Å². The van der Waals surface area contributed by atoms with Crippen molar-refractivity contribution in [1.82, 2.24) is 0 Å². The van der Waals surface area contributed by atoms with Gasteiger partial charge < -0.3 is 11.5 Å². The van der Waals surface area contributed by atoms with Crippen molar-refractivity contribution in [2.45, 2.75) is 22.6 Å². The second-order valence-corrected chi connectivity index (χ2v) is 9.70. The second-order valence-electron chi connectivity index (χ2n) is 5.48.